The van der Waals surface area contributed by atoms with Crippen LogP contribution in [0.15, 0.2) is 28.7 Å². The predicted molar refractivity (Wildman–Crippen MR) is 78.5 cm³/mol. The van der Waals surface area contributed by atoms with Crippen LogP contribution in [0.1, 0.15) is 5.82 Å². The molecule has 0 aliphatic carbocycles. The second kappa shape index (κ2) is 6.88. The fraction of sp³-hybridized carbons (Fsp3) is 0.231. The molecule has 0 amide bonds. The van der Waals surface area contributed by atoms with Gasteiger partial charge in [-0.1, -0.05) is 11.6 Å². The quantitative estimate of drug-likeness (QED) is 0.759. The van der Waals surface area contributed by atoms with Gasteiger partial charge < -0.3 is 14.2 Å². The Morgan fingerprint density at radius 1 is 1.20 bits per heavy atom. The molecular weight excluding hydrogens is 348 g/mol. The summed E-state index contributed by atoms with van der Waals surface area (Å²) in [6, 6.07) is 6.90. The molecule has 0 N–H and O–H groups in total. The minimum atomic E-state index is 0.265. The minimum absolute atomic E-state index is 0.265. The van der Waals surface area contributed by atoms with Crippen molar-refractivity contribution >= 4 is 27.5 Å². The van der Waals surface area contributed by atoms with Gasteiger partial charge in [0.15, 0.2) is 5.82 Å². The van der Waals surface area contributed by atoms with E-state index < -0.39 is 0 Å². The van der Waals surface area contributed by atoms with E-state index in [1.54, 1.807) is 32.4 Å². The lowest BCUT2D eigenvalue weighted by atomic mass is 10.3. The van der Waals surface area contributed by atoms with Crippen LogP contribution in [-0.4, -0.2) is 24.2 Å². The van der Waals surface area contributed by atoms with E-state index in [0.29, 0.717) is 22.6 Å². The Labute approximate surface area is 130 Å². The van der Waals surface area contributed by atoms with E-state index in [2.05, 4.69) is 25.9 Å². The zero-order valence-corrected chi connectivity index (χ0v) is 13.2. The third-order valence-electron chi connectivity index (χ3n) is 2.34. The molecule has 0 aliphatic rings. The summed E-state index contributed by atoms with van der Waals surface area (Å²) in [5, 5.41) is 0.298. The monoisotopic (exact) mass is 358 g/mol. The molecule has 1 heterocycles. The smallest absolute Gasteiger partial charge is 0.224 e. The second-order valence-electron chi connectivity index (χ2n) is 3.78. The van der Waals surface area contributed by atoms with Gasteiger partial charge in [0.25, 0.3) is 0 Å². The van der Waals surface area contributed by atoms with Gasteiger partial charge in [0, 0.05) is 13.2 Å². The molecule has 0 saturated carbocycles. The number of hydrogen-bond donors (Lipinski definition) is 0. The fourth-order valence-electron chi connectivity index (χ4n) is 1.49. The Kier molecular flexibility index (Phi) is 5.17. The van der Waals surface area contributed by atoms with E-state index in [1.807, 2.05) is 0 Å². The van der Waals surface area contributed by atoms with E-state index in [0.717, 1.165) is 10.2 Å². The summed E-state index contributed by atoms with van der Waals surface area (Å²) in [7, 11) is 3.16. The first-order valence-electron chi connectivity index (χ1n) is 5.66. The van der Waals surface area contributed by atoms with Crippen LogP contribution in [-0.2, 0) is 11.3 Å². The number of halogens is 2. The SMILES string of the molecule is COCc1nc(Cl)cc(Oc2ccc(OC)cc2Br)n1. The van der Waals surface area contributed by atoms with Crippen LogP contribution in [0.3, 0.4) is 0 Å². The normalized spacial score (nSPS) is 10.4. The van der Waals surface area contributed by atoms with E-state index in [9.17, 15) is 0 Å². The molecule has 1 aromatic carbocycles. The average molecular weight is 360 g/mol. The van der Waals surface area contributed by atoms with Crippen LogP contribution >= 0.6 is 27.5 Å². The van der Waals surface area contributed by atoms with Gasteiger partial charge >= 0.3 is 0 Å². The maximum atomic E-state index is 5.92. The molecule has 1 aromatic heterocycles. The average Bonchev–Trinajstić information content (AvgIpc) is 2.41. The molecule has 5 nitrogen and oxygen atoms in total. The molecule has 20 heavy (non-hydrogen) atoms. The van der Waals surface area contributed by atoms with Crippen molar-refractivity contribution in [1.29, 1.82) is 0 Å². The highest BCUT2D eigenvalue weighted by molar-refractivity contribution is 9.10. The van der Waals surface area contributed by atoms with Gasteiger partial charge in [0.1, 0.15) is 23.3 Å². The van der Waals surface area contributed by atoms with E-state index in [-0.39, 0.29) is 6.61 Å². The third kappa shape index (κ3) is 3.82. The molecule has 2 aromatic rings. The van der Waals surface area contributed by atoms with Crippen LogP contribution in [0.4, 0.5) is 0 Å². The van der Waals surface area contributed by atoms with Crippen molar-refractivity contribution in [3.63, 3.8) is 0 Å². The van der Waals surface area contributed by atoms with Crippen LogP contribution in [0.5, 0.6) is 17.4 Å². The molecule has 0 radical (unpaired) electrons. The van der Waals surface area contributed by atoms with E-state index >= 15 is 0 Å². The molecule has 0 fully saturated rings. The highest BCUT2D eigenvalue weighted by Gasteiger charge is 2.08. The minimum Gasteiger partial charge on any atom is -0.497 e. The molecule has 0 unspecified atom stereocenters. The van der Waals surface area contributed by atoms with Crippen LogP contribution < -0.4 is 9.47 Å². The Morgan fingerprint density at radius 2 is 2.00 bits per heavy atom. The Balaban J connectivity index is 2.25. The first-order valence-corrected chi connectivity index (χ1v) is 6.83. The summed E-state index contributed by atoms with van der Waals surface area (Å²) in [5.41, 5.74) is 0. The van der Waals surface area contributed by atoms with Crippen molar-refractivity contribution in [3.05, 3.63) is 39.7 Å². The molecule has 2 rings (SSSR count). The number of nitrogens with zero attached hydrogens (tertiary/aromatic N) is 2. The standard InChI is InChI=1S/C13H12BrClN2O3/c1-18-7-12-16-11(15)6-13(17-12)20-10-4-3-8(19-2)5-9(10)14/h3-6H,7H2,1-2H3. The van der Waals surface area contributed by atoms with Gasteiger partial charge in [-0.2, -0.15) is 4.98 Å². The molecule has 0 saturated heterocycles. The summed E-state index contributed by atoms with van der Waals surface area (Å²) in [4.78, 5) is 8.24. The first-order chi connectivity index (χ1) is 9.62. The lowest BCUT2D eigenvalue weighted by Gasteiger charge is -2.09. The van der Waals surface area contributed by atoms with Crippen molar-refractivity contribution < 1.29 is 14.2 Å². The van der Waals surface area contributed by atoms with Crippen LogP contribution in [0.25, 0.3) is 0 Å². The number of aromatic nitrogens is 2. The highest BCUT2D eigenvalue weighted by Crippen LogP contribution is 2.32. The van der Waals surface area contributed by atoms with Crippen LogP contribution in [0, 0.1) is 0 Å². The molecule has 0 bridgehead atoms. The second-order valence-corrected chi connectivity index (χ2v) is 5.02. The molecule has 0 spiro atoms. The fourth-order valence-corrected chi connectivity index (χ4v) is 2.12. The number of methoxy groups -OCH3 is 2. The van der Waals surface area contributed by atoms with Crippen molar-refractivity contribution in [3.8, 4) is 17.4 Å². The lowest BCUT2D eigenvalue weighted by Crippen LogP contribution is -1.99. The van der Waals surface area contributed by atoms with Gasteiger partial charge in [-0.05, 0) is 34.1 Å². The predicted octanol–water partition coefficient (Wildman–Crippen LogP) is 3.84. The molecular formula is C13H12BrClN2O3. The third-order valence-corrected chi connectivity index (χ3v) is 3.16. The number of rotatable bonds is 5. The highest BCUT2D eigenvalue weighted by atomic mass is 79.9. The largest absolute Gasteiger partial charge is 0.497 e. The number of benzene rings is 1. The Morgan fingerprint density at radius 3 is 2.65 bits per heavy atom. The Bertz CT molecular complexity index is 610. The van der Waals surface area contributed by atoms with Gasteiger partial charge in [0.05, 0.1) is 11.6 Å². The van der Waals surface area contributed by atoms with Crippen molar-refractivity contribution in [2.75, 3.05) is 14.2 Å². The lowest BCUT2D eigenvalue weighted by molar-refractivity contribution is 0.177. The van der Waals surface area contributed by atoms with E-state index in [1.165, 1.54) is 6.07 Å². The first kappa shape index (κ1) is 15.0. The molecule has 0 atom stereocenters. The number of hydrogen-bond acceptors (Lipinski definition) is 5. The van der Waals surface area contributed by atoms with Crippen molar-refractivity contribution in [2.45, 2.75) is 6.61 Å². The summed E-state index contributed by atoms with van der Waals surface area (Å²) in [6.07, 6.45) is 0. The molecule has 0 aliphatic heterocycles. The maximum Gasteiger partial charge on any atom is 0.224 e. The van der Waals surface area contributed by atoms with Gasteiger partial charge in [-0.15, -0.1) is 0 Å². The van der Waals surface area contributed by atoms with E-state index in [4.69, 9.17) is 25.8 Å². The number of ether oxygens (including phenoxy) is 3. The summed E-state index contributed by atoms with van der Waals surface area (Å²) < 4.78 is 16.5. The summed E-state index contributed by atoms with van der Waals surface area (Å²) >= 11 is 9.33. The van der Waals surface area contributed by atoms with Gasteiger partial charge in [0.2, 0.25) is 5.88 Å². The van der Waals surface area contributed by atoms with Gasteiger partial charge in [-0.25, -0.2) is 4.98 Å². The van der Waals surface area contributed by atoms with Gasteiger partial charge in [-0.3, -0.25) is 0 Å². The summed E-state index contributed by atoms with van der Waals surface area (Å²) in [6.45, 7) is 0.265. The maximum absolute atomic E-state index is 5.92. The zero-order valence-electron chi connectivity index (χ0n) is 10.9. The van der Waals surface area contributed by atoms with Crippen molar-refractivity contribution in [1.82, 2.24) is 9.97 Å². The van der Waals surface area contributed by atoms with Crippen LogP contribution in [0.2, 0.25) is 5.15 Å². The summed E-state index contributed by atoms with van der Waals surface area (Å²) in [5.74, 6) is 2.14. The van der Waals surface area contributed by atoms with Crippen molar-refractivity contribution in [2.24, 2.45) is 0 Å². The Hall–Kier alpha value is -1.37. The molecule has 7 heteroatoms. The topological polar surface area (TPSA) is 53.5 Å². The molecule has 106 valence electrons. The zero-order chi connectivity index (χ0) is 14.5.